The van der Waals surface area contributed by atoms with E-state index in [1.165, 1.54) is 0 Å². The van der Waals surface area contributed by atoms with Gasteiger partial charge in [0, 0.05) is 38.4 Å². The number of carbonyl (C=O) groups is 1. The van der Waals surface area contributed by atoms with Crippen LogP contribution in [0.3, 0.4) is 0 Å². The van der Waals surface area contributed by atoms with E-state index < -0.39 is 0 Å². The Morgan fingerprint density at radius 1 is 1.14 bits per heavy atom. The Bertz CT molecular complexity index is 757. The van der Waals surface area contributed by atoms with Crippen molar-refractivity contribution < 1.29 is 42.1 Å². The fraction of sp³-hybridized carbons (Fsp3) is 0.176. The molecule has 0 aliphatic rings. The monoisotopic (exact) mass is 369 g/mol. The Morgan fingerprint density at radius 3 is 2.55 bits per heavy atom. The molecule has 0 atom stereocenters. The number of carbonyl (C=O) groups excluding carboxylic acids is 1. The molecular formula is C17H18N3OY+. The third-order valence-corrected chi connectivity index (χ3v) is 3.57. The van der Waals surface area contributed by atoms with Gasteiger partial charge in [-0.3, -0.25) is 4.79 Å². The van der Waals surface area contributed by atoms with Gasteiger partial charge in [0.2, 0.25) is 6.33 Å². The molecule has 1 N–H and O–H groups in total. The van der Waals surface area contributed by atoms with Crippen LogP contribution in [0, 0.1) is 13.8 Å². The van der Waals surface area contributed by atoms with Gasteiger partial charge in [0.25, 0.3) is 5.91 Å². The Balaban J connectivity index is 0.00000176. The first-order chi connectivity index (χ1) is 10.1. The van der Waals surface area contributed by atoms with Crippen molar-refractivity contribution in [2.45, 2.75) is 20.4 Å². The number of aryl methyl sites for hydroxylation is 2. The molecule has 0 saturated carbocycles. The quantitative estimate of drug-likeness (QED) is 0.708. The predicted molar refractivity (Wildman–Crippen MR) is 82.1 cm³/mol. The molecular weight excluding hydrogens is 351 g/mol. The van der Waals surface area contributed by atoms with E-state index in [0.29, 0.717) is 6.54 Å². The smallest absolute Gasteiger partial charge is 0.266 e. The van der Waals surface area contributed by atoms with Crippen molar-refractivity contribution in [2.24, 2.45) is 0 Å². The summed E-state index contributed by atoms with van der Waals surface area (Å²) in [7, 11) is 0. The number of amides is 1. The number of rotatable bonds is 3. The van der Waals surface area contributed by atoms with Crippen LogP contribution in [0.5, 0.6) is 0 Å². The number of pyridine rings is 1. The molecule has 3 aromatic rings. The first-order valence-corrected chi connectivity index (χ1v) is 6.95. The predicted octanol–water partition coefficient (Wildman–Crippen LogP) is 2.48. The van der Waals surface area contributed by atoms with E-state index in [-0.39, 0.29) is 38.6 Å². The molecule has 0 aliphatic carbocycles. The molecule has 2 heterocycles. The molecule has 0 aliphatic heterocycles. The summed E-state index contributed by atoms with van der Waals surface area (Å²) in [6, 6.07) is 12.0. The molecule has 1 amide bonds. The second-order valence-electron chi connectivity index (χ2n) is 5.26. The van der Waals surface area contributed by atoms with Gasteiger partial charge >= 0.3 is 0 Å². The molecule has 0 fully saturated rings. The molecule has 1 radical (unpaired) electrons. The second kappa shape index (κ2) is 7.16. The van der Waals surface area contributed by atoms with E-state index in [2.05, 4.69) is 5.32 Å². The van der Waals surface area contributed by atoms with Gasteiger partial charge < -0.3 is 5.32 Å². The zero-order valence-corrected chi connectivity index (χ0v) is 15.6. The van der Waals surface area contributed by atoms with E-state index in [0.717, 1.165) is 22.3 Å². The zero-order chi connectivity index (χ0) is 14.8. The summed E-state index contributed by atoms with van der Waals surface area (Å²) in [6.45, 7) is 4.31. The van der Waals surface area contributed by atoms with Crippen LogP contribution in [0.15, 0.2) is 55.1 Å². The molecule has 22 heavy (non-hydrogen) atoms. The summed E-state index contributed by atoms with van der Waals surface area (Å²) in [4.78, 5) is 12.2. The average Bonchev–Trinajstić information content (AvgIpc) is 2.85. The standard InChI is InChI=1S/C17H17N3O.Y/c1-13-6-5-7-14(2)17(13)18-16(21)11-19-10-15-8-3-4-9-20(15)12-19;/h3-10,12H,11H2,1-2H3;/p+1. The number of para-hydroxylation sites is 1. The molecule has 0 spiro atoms. The maximum absolute atomic E-state index is 12.2. The molecule has 0 saturated heterocycles. The maximum atomic E-state index is 12.2. The average molecular weight is 369 g/mol. The molecule has 0 bridgehead atoms. The number of aromatic nitrogens is 2. The van der Waals surface area contributed by atoms with E-state index in [9.17, 15) is 4.79 Å². The summed E-state index contributed by atoms with van der Waals surface area (Å²) in [6.07, 6.45) is 5.85. The second-order valence-corrected chi connectivity index (χ2v) is 5.26. The van der Waals surface area contributed by atoms with Crippen LogP contribution < -0.4 is 9.88 Å². The number of benzene rings is 1. The number of imidazole rings is 1. The van der Waals surface area contributed by atoms with Gasteiger partial charge in [-0.25, -0.2) is 8.97 Å². The van der Waals surface area contributed by atoms with Crippen LogP contribution in [-0.2, 0) is 44.0 Å². The first kappa shape index (κ1) is 16.8. The Hall–Kier alpha value is -1.52. The third kappa shape index (κ3) is 3.62. The van der Waals surface area contributed by atoms with Crippen LogP contribution in [0.4, 0.5) is 5.69 Å². The van der Waals surface area contributed by atoms with Crippen LogP contribution in [0.25, 0.3) is 5.52 Å². The largest absolute Gasteiger partial charge is 0.322 e. The van der Waals surface area contributed by atoms with Gasteiger partial charge in [-0.2, -0.15) is 0 Å². The maximum Gasteiger partial charge on any atom is 0.266 e. The van der Waals surface area contributed by atoms with Gasteiger partial charge in [-0.05, 0) is 37.1 Å². The molecule has 0 unspecified atom stereocenters. The number of hydrogen-bond donors (Lipinski definition) is 1. The van der Waals surface area contributed by atoms with Crippen LogP contribution in [-0.4, -0.2) is 10.3 Å². The Labute approximate surface area is 155 Å². The van der Waals surface area contributed by atoms with Crippen molar-refractivity contribution in [1.82, 2.24) is 4.40 Å². The van der Waals surface area contributed by atoms with Crippen molar-refractivity contribution in [3.05, 3.63) is 66.2 Å². The number of nitrogens with one attached hydrogen (secondary N) is 1. The van der Waals surface area contributed by atoms with E-state index >= 15 is 0 Å². The molecule has 109 valence electrons. The van der Waals surface area contributed by atoms with Gasteiger partial charge in [0.1, 0.15) is 6.20 Å². The van der Waals surface area contributed by atoms with Gasteiger partial charge in [-0.1, -0.05) is 24.3 Å². The minimum atomic E-state index is -0.0201. The number of hydrogen-bond acceptors (Lipinski definition) is 1. The van der Waals surface area contributed by atoms with Gasteiger partial charge in [-0.15, -0.1) is 0 Å². The summed E-state index contributed by atoms with van der Waals surface area (Å²) in [5.74, 6) is -0.0201. The van der Waals surface area contributed by atoms with Crippen LogP contribution in [0.1, 0.15) is 11.1 Å². The molecule has 3 rings (SSSR count). The minimum Gasteiger partial charge on any atom is -0.322 e. The van der Waals surface area contributed by atoms with Gasteiger partial charge in [0.05, 0.1) is 6.20 Å². The fourth-order valence-electron chi connectivity index (χ4n) is 2.49. The Kier molecular flexibility index (Phi) is 5.49. The third-order valence-electron chi connectivity index (χ3n) is 3.57. The van der Waals surface area contributed by atoms with Gasteiger partial charge in [0.15, 0.2) is 12.1 Å². The molecule has 5 heteroatoms. The van der Waals surface area contributed by atoms with Crippen molar-refractivity contribution in [3.8, 4) is 0 Å². The van der Waals surface area contributed by atoms with Crippen LogP contribution >= 0.6 is 0 Å². The molecule has 1 aromatic carbocycles. The fourth-order valence-corrected chi connectivity index (χ4v) is 2.49. The van der Waals surface area contributed by atoms with E-state index in [1.807, 2.05) is 77.9 Å². The number of anilines is 1. The topological polar surface area (TPSA) is 37.4 Å². The number of fused-ring (bicyclic) bond motifs is 1. The SMILES string of the molecule is Cc1cccc(C)c1NC(=O)C[n+]1cc2ccccn2c1.[Y]. The normalized spacial score (nSPS) is 10.3. The summed E-state index contributed by atoms with van der Waals surface area (Å²) in [5.41, 5.74) is 4.13. The zero-order valence-electron chi connectivity index (χ0n) is 12.8. The summed E-state index contributed by atoms with van der Waals surface area (Å²) >= 11 is 0. The van der Waals surface area contributed by atoms with Crippen molar-refractivity contribution in [3.63, 3.8) is 0 Å². The van der Waals surface area contributed by atoms with Crippen molar-refractivity contribution in [2.75, 3.05) is 5.32 Å². The molecule has 4 nitrogen and oxygen atoms in total. The van der Waals surface area contributed by atoms with E-state index in [4.69, 9.17) is 0 Å². The summed E-state index contributed by atoms with van der Waals surface area (Å²) < 4.78 is 3.88. The minimum absolute atomic E-state index is 0. The Morgan fingerprint density at radius 2 is 1.86 bits per heavy atom. The first-order valence-electron chi connectivity index (χ1n) is 6.95. The van der Waals surface area contributed by atoms with E-state index in [1.54, 1.807) is 0 Å². The summed E-state index contributed by atoms with van der Waals surface area (Å²) in [5, 5.41) is 3.00. The van der Waals surface area contributed by atoms with Crippen LogP contribution in [0.2, 0.25) is 0 Å². The van der Waals surface area contributed by atoms with Crippen molar-refractivity contribution in [1.29, 1.82) is 0 Å². The number of nitrogens with zero attached hydrogens (tertiary/aromatic N) is 2. The molecule has 2 aromatic heterocycles. The van der Waals surface area contributed by atoms with Crippen molar-refractivity contribution >= 4 is 17.1 Å².